The number of carboxylic acid groups (broad SMARTS) is 1. The summed E-state index contributed by atoms with van der Waals surface area (Å²) < 4.78 is 5.66. The number of nitrogens with two attached hydrogens (primary N) is 1. The van der Waals surface area contributed by atoms with Gasteiger partial charge >= 0.3 is 5.97 Å². The SMILES string of the molecule is NC(Cc1ccc(CCCCC2C=CCCO2)cc1)C(=O)O. The largest absolute Gasteiger partial charge is 0.480 e. The summed E-state index contributed by atoms with van der Waals surface area (Å²) in [5.41, 5.74) is 7.80. The normalized spacial score (nSPS) is 19.0. The number of ether oxygens (including phenoxy) is 1. The number of hydrogen-bond acceptors (Lipinski definition) is 3. The van der Waals surface area contributed by atoms with Crippen LogP contribution in [0.2, 0.25) is 0 Å². The molecule has 4 heteroatoms. The zero-order chi connectivity index (χ0) is 15.8. The summed E-state index contributed by atoms with van der Waals surface area (Å²) in [5.74, 6) is -0.956. The van der Waals surface area contributed by atoms with E-state index >= 15 is 0 Å². The lowest BCUT2D eigenvalue weighted by atomic mass is 10.0. The number of aryl methyl sites for hydroxylation is 1. The Morgan fingerprint density at radius 1 is 1.27 bits per heavy atom. The van der Waals surface area contributed by atoms with Gasteiger partial charge in [-0.15, -0.1) is 0 Å². The van der Waals surface area contributed by atoms with Crippen molar-refractivity contribution in [3.05, 3.63) is 47.5 Å². The molecule has 4 nitrogen and oxygen atoms in total. The molecule has 2 atom stereocenters. The van der Waals surface area contributed by atoms with Crippen molar-refractivity contribution in [3.63, 3.8) is 0 Å². The molecule has 0 amide bonds. The quantitative estimate of drug-likeness (QED) is 0.572. The monoisotopic (exact) mass is 303 g/mol. The van der Waals surface area contributed by atoms with E-state index in [2.05, 4.69) is 24.3 Å². The lowest BCUT2D eigenvalue weighted by Gasteiger charge is -2.17. The first-order valence-corrected chi connectivity index (χ1v) is 7.99. The predicted octanol–water partition coefficient (Wildman–Crippen LogP) is 2.70. The summed E-state index contributed by atoms with van der Waals surface area (Å²) in [5, 5.41) is 8.81. The Labute approximate surface area is 132 Å². The van der Waals surface area contributed by atoms with E-state index in [9.17, 15) is 4.79 Å². The fourth-order valence-corrected chi connectivity index (χ4v) is 2.63. The van der Waals surface area contributed by atoms with E-state index in [1.54, 1.807) is 0 Å². The van der Waals surface area contributed by atoms with Crippen LogP contribution in [0.15, 0.2) is 36.4 Å². The molecule has 0 spiro atoms. The van der Waals surface area contributed by atoms with Crippen LogP contribution in [0.1, 0.15) is 36.8 Å². The van der Waals surface area contributed by atoms with E-state index in [-0.39, 0.29) is 0 Å². The van der Waals surface area contributed by atoms with Gasteiger partial charge in [-0.05, 0) is 43.2 Å². The van der Waals surface area contributed by atoms with Crippen molar-refractivity contribution < 1.29 is 14.6 Å². The second-order valence-electron chi connectivity index (χ2n) is 5.84. The molecule has 0 radical (unpaired) electrons. The summed E-state index contributed by atoms with van der Waals surface area (Å²) in [6.45, 7) is 0.848. The summed E-state index contributed by atoms with van der Waals surface area (Å²) >= 11 is 0. The van der Waals surface area contributed by atoms with Gasteiger partial charge < -0.3 is 15.6 Å². The third kappa shape index (κ3) is 5.62. The molecule has 1 heterocycles. The number of hydrogen-bond donors (Lipinski definition) is 2. The molecule has 3 N–H and O–H groups in total. The number of benzene rings is 1. The average molecular weight is 303 g/mol. The maximum absolute atomic E-state index is 10.7. The molecule has 0 aromatic heterocycles. The Kier molecular flexibility index (Phi) is 6.62. The van der Waals surface area contributed by atoms with Crippen LogP contribution >= 0.6 is 0 Å². The zero-order valence-corrected chi connectivity index (χ0v) is 12.9. The minimum Gasteiger partial charge on any atom is -0.480 e. The Morgan fingerprint density at radius 3 is 2.64 bits per heavy atom. The molecule has 0 aliphatic carbocycles. The van der Waals surface area contributed by atoms with Crippen molar-refractivity contribution in [2.24, 2.45) is 5.73 Å². The first kappa shape index (κ1) is 16.7. The lowest BCUT2D eigenvalue weighted by Crippen LogP contribution is -2.32. The van der Waals surface area contributed by atoms with Gasteiger partial charge in [0.15, 0.2) is 0 Å². The van der Waals surface area contributed by atoms with Gasteiger partial charge in [0.05, 0.1) is 12.7 Å². The average Bonchev–Trinajstić information content (AvgIpc) is 2.54. The van der Waals surface area contributed by atoms with Gasteiger partial charge in [-0.1, -0.05) is 42.8 Å². The van der Waals surface area contributed by atoms with E-state index in [4.69, 9.17) is 15.6 Å². The lowest BCUT2D eigenvalue weighted by molar-refractivity contribution is -0.138. The van der Waals surface area contributed by atoms with Crippen LogP contribution in [0.4, 0.5) is 0 Å². The Morgan fingerprint density at radius 2 is 2.00 bits per heavy atom. The van der Waals surface area contributed by atoms with Crippen LogP contribution in [0.3, 0.4) is 0 Å². The Hall–Kier alpha value is -1.65. The van der Waals surface area contributed by atoms with Crippen LogP contribution in [-0.2, 0) is 22.4 Å². The predicted molar refractivity (Wildman–Crippen MR) is 86.8 cm³/mol. The third-order valence-corrected chi connectivity index (χ3v) is 3.97. The standard InChI is InChI=1S/C18H25NO3/c19-17(18(20)21)13-15-10-8-14(9-11-15)5-1-2-6-16-7-3-4-12-22-16/h3,7-11,16-17H,1-2,4-6,12-13,19H2,(H,20,21). The van der Waals surface area contributed by atoms with Gasteiger partial charge in [0.2, 0.25) is 0 Å². The van der Waals surface area contributed by atoms with Gasteiger partial charge in [-0.3, -0.25) is 4.79 Å². The fraction of sp³-hybridized carbons (Fsp3) is 0.500. The van der Waals surface area contributed by atoms with Gasteiger partial charge in [-0.2, -0.15) is 0 Å². The third-order valence-electron chi connectivity index (χ3n) is 3.97. The molecule has 2 rings (SSSR count). The molecule has 0 saturated heterocycles. The zero-order valence-electron chi connectivity index (χ0n) is 12.9. The molecule has 120 valence electrons. The van der Waals surface area contributed by atoms with Gasteiger partial charge in [-0.25, -0.2) is 0 Å². The number of aliphatic carboxylic acids is 1. The summed E-state index contributed by atoms with van der Waals surface area (Å²) in [4.78, 5) is 10.7. The molecular weight excluding hydrogens is 278 g/mol. The van der Waals surface area contributed by atoms with Crippen LogP contribution in [-0.4, -0.2) is 29.8 Å². The van der Waals surface area contributed by atoms with Gasteiger partial charge in [0.25, 0.3) is 0 Å². The molecule has 0 saturated carbocycles. The molecule has 1 aliphatic heterocycles. The fourth-order valence-electron chi connectivity index (χ4n) is 2.63. The van der Waals surface area contributed by atoms with Crippen molar-refractivity contribution in [2.45, 2.75) is 50.7 Å². The van der Waals surface area contributed by atoms with Gasteiger partial charge in [0, 0.05) is 0 Å². The van der Waals surface area contributed by atoms with E-state index in [1.807, 2.05) is 12.1 Å². The summed E-state index contributed by atoms with van der Waals surface area (Å²) in [6, 6.07) is 7.27. The first-order chi connectivity index (χ1) is 10.6. The Bertz CT molecular complexity index is 496. The van der Waals surface area contributed by atoms with Crippen LogP contribution < -0.4 is 5.73 Å². The molecule has 2 unspecified atom stereocenters. The van der Waals surface area contributed by atoms with E-state index in [1.165, 1.54) is 5.56 Å². The van der Waals surface area contributed by atoms with Crippen molar-refractivity contribution in [3.8, 4) is 0 Å². The number of carboxylic acids is 1. The number of rotatable bonds is 8. The number of unbranched alkanes of at least 4 members (excludes halogenated alkanes) is 1. The van der Waals surface area contributed by atoms with Crippen LogP contribution in [0.25, 0.3) is 0 Å². The molecule has 1 aromatic rings. The highest BCUT2D eigenvalue weighted by atomic mass is 16.5. The second-order valence-corrected chi connectivity index (χ2v) is 5.84. The van der Waals surface area contributed by atoms with Crippen molar-refractivity contribution in [1.82, 2.24) is 0 Å². The first-order valence-electron chi connectivity index (χ1n) is 7.99. The smallest absolute Gasteiger partial charge is 0.320 e. The van der Waals surface area contributed by atoms with Crippen molar-refractivity contribution in [2.75, 3.05) is 6.61 Å². The second kappa shape index (κ2) is 8.71. The topological polar surface area (TPSA) is 72.5 Å². The molecule has 1 aromatic carbocycles. The molecule has 1 aliphatic rings. The number of carbonyl (C=O) groups is 1. The molecule has 0 fully saturated rings. The minimum absolute atomic E-state index is 0.300. The Balaban J connectivity index is 1.68. The van der Waals surface area contributed by atoms with Gasteiger partial charge in [0.1, 0.15) is 6.04 Å². The minimum atomic E-state index is -0.956. The maximum Gasteiger partial charge on any atom is 0.320 e. The summed E-state index contributed by atoms with van der Waals surface area (Å²) in [6.07, 6.45) is 10.5. The maximum atomic E-state index is 10.7. The highest BCUT2D eigenvalue weighted by Crippen LogP contribution is 2.14. The van der Waals surface area contributed by atoms with Crippen molar-refractivity contribution >= 4 is 5.97 Å². The van der Waals surface area contributed by atoms with Crippen LogP contribution in [0.5, 0.6) is 0 Å². The molecule has 0 bridgehead atoms. The summed E-state index contributed by atoms with van der Waals surface area (Å²) in [7, 11) is 0. The van der Waals surface area contributed by atoms with Crippen molar-refractivity contribution in [1.29, 1.82) is 0 Å². The van der Waals surface area contributed by atoms with E-state index in [0.29, 0.717) is 12.5 Å². The highest BCUT2D eigenvalue weighted by molar-refractivity contribution is 5.73. The highest BCUT2D eigenvalue weighted by Gasteiger charge is 2.12. The van der Waals surface area contributed by atoms with E-state index < -0.39 is 12.0 Å². The van der Waals surface area contributed by atoms with Crippen LogP contribution in [0, 0.1) is 0 Å². The van der Waals surface area contributed by atoms with E-state index in [0.717, 1.165) is 44.3 Å². The molecular formula is C18H25NO3. The molecule has 22 heavy (non-hydrogen) atoms.